The second-order valence-electron chi connectivity index (χ2n) is 8.44. The molecule has 174 valence electrons. The summed E-state index contributed by atoms with van der Waals surface area (Å²) in [6, 6.07) is 10.8. The van der Waals surface area contributed by atoms with Gasteiger partial charge in [0, 0.05) is 52.9 Å². The van der Waals surface area contributed by atoms with E-state index in [0.29, 0.717) is 25.1 Å². The van der Waals surface area contributed by atoms with Crippen molar-refractivity contribution in [3.05, 3.63) is 35.9 Å². The fourth-order valence-corrected chi connectivity index (χ4v) is 3.93. The summed E-state index contributed by atoms with van der Waals surface area (Å²) < 4.78 is 4.97. The predicted octanol–water partition coefficient (Wildman–Crippen LogP) is 1.97. The van der Waals surface area contributed by atoms with Gasteiger partial charge in [0.15, 0.2) is 5.96 Å². The van der Waals surface area contributed by atoms with E-state index in [1.54, 1.807) is 7.11 Å². The number of hydrogen-bond acceptors (Lipinski definition) is 4. The third-order valence-corrected chi connectivity index (χ3v) is 5.95. The van der Waals surface area contributed by atoms with Gasteiger partial charge < -0.3 is 20.3 Å². The molecule has 2 aliphatic rings. The van der Waals surface area contributed by atoms with E-state index in [-0.39, 0.29) is 29.9 Å². The first-order valence-electron chi connectivity index (χ1n) is 11.2. The van der Waals surface area contributed by atoms with E-state index in [9.17, 15) is 4.79 Å². The average Bonchev–Trinajstić information content (AvgIpc) is 3.52. The molecule has 31 heavy (non-hydrogen) atoms. The number of benzene rings is 1. The second kappa shape index (κ2) is 13.2. The van der Waals surface area contributed by atoms with Crippen LogP contribution in [0.15, 0.2) is 35.3 Å². The van der Waals surface area contributed by atoms with Crippen molar-refractivity contribution in [3.63, 3.8) is 0 Å². The molecule has 1 heterocycles. The van der Waals surface area contributed by atoms with Gasteiger partial charge in [0.1, 0.15) is 0 Å². The molecule has 8 heteroatoms. The highest BCUT2D eigenvalue weighted by atomic mass is 127. The lowest BCUT2D eigenvalue weighted by Gasteiger charge is -2.36. The molecular weight excluding hydrogens is 505 g/mol. The Morgan fingerprint density at radius 3 is 2.45 bits per heavy atom. The second-order valence-corrected chi connectivity index (χ2v) is 8.44. The number of nitrogens with zero attached hydrogens (tertiary/aromatic N) is 3. The molecule has 0 bridgehead atoms. The highest BCUT2D eigenvalue weighted by Crippen LogP contribution is 2.48. The monoisotopic (exact) mass is 543 g/mol. The van der Waals surface area contributed by atoms with E-state index in [1.807, 2.05) is 0 Å². The van der Waals surface area contributed by atoms with Gasteiger partial charge >= 0.3 is 0 Å². The summed E-state index contributed by atoms with van der Waals surface area (Å²) >= 11 is 0. The van der Waals surface area contributed by atoms with Crippen molar-refractivity contribution in [2.75, 3.05) is 66.1 Å². The Balaban J connectivity index is 0.00000341. The van der Waals surface area contributed by atoms with Crippen LogP contribution in [0.4, 0.5) is 0 Å². The zero-order valence-electron chi connectivity index (χ0n) is 18.9. The van der Waals surface area contributed by atoms with Crippen molar-refractivity contribution in [2.24, 2.45) is 10.4 Å². The normalized spacial score (nSPS) is 18.3. The van der Waals surface area contributed by atoms with Crippen LogP contribution >= 0.6 is 24.0 Å². The van der Waals surface area contributed by atoms with E-state index in [0.717, 1.165) is 51.6 Å². The molecule has 0 radical (unpaired) electrons. The van der Waals surface area contributed by atoms with Crippen molar-refractivity contribution >= 4 is 35.8 Å². The first-order chi connectivity index (χ1) is 14.6. The van der Waals surface area contributed by atoms with Gasteiger partial charge in [-0.05, 0) is 37.2 Å². The molecule has 2 N–H and O–H groups in total. The summed E-state index contributed by atoms with van der Waals surface area (Å²) in [6.45, 7) is 8.96. The number of carbonyl (C=O) groups is 1. The van der Waals surface area contributed by atoms with Crippen LogP contribution in [0, 0.1) is 5.41 Å². The minimum Gasteiger partial charge on any atom is -0.383 e. The fraction of sp³-hybridized carbons (Fsp3) is 0.652. The quantitative estimate of drug-likeness (QED) is 0.205. The maximum Gasteiger partial charge on any atom is 0.234 e. The zero-order valence-corrected chi connectivity index (χ0v) is 21.3. The molecule has 1 saturated heterocycles. The molecule has 1 saturated carbocycles. The summed E-state index contributed by atoms with van der Waals surface area (Å²) in [7, 11) is 1.64. The molecule has 1 aromatic carbocycles. The molecule has 3 rings (SSSR count). The van der Waals surface area contributed by atoms with Crippen LogP contribution in [0.3, 0.4) is 0 Å². The van der Waals surface area contributed by atoms with Crippen LogP contribution in [0.25, 0.3) is 0 Å². The van der Waals surface area contributed by atoms with Crippen molar-refractivity contribution in [1.82, 2.24) is 20.4 Å². The number of guanidine groups is 1. The van der Waals surface area contributed by atoms with Gasteiger partial charge in [0.05, 0.1) is 13.2 Å². The lowest BCUT2D eigenvalue weighted by Crippen LogP contribution is -2.54. The lowest BCUT2D eigenvalue weighted by molar-refractivity contribution is -0.122. The van der Waals surface area contributed by atoms with Gasteiger partial charge in [-0.15, -0.1) is 24.0 Å². The van der Waals surface area contributed by atoms with E-state index in [2.05, 4.69) is 57.7 Å². The number of carbonyl (C=O) groups excluding carboxylic acids is 1. The molecule has 7 nitrogen and oxygen atoms in total. The Labute approximate surface area is 204 Å². The summed E-state index contributed by atoms with van der Waals surface area (Å²) in [4.78, 5) is 21.6. The molecular formula is C23H38IN5O2. The minimum atomic E-state index is 0. The van der Waals surface area contributed by atoms with Crippen molar-refractivity contribution in [1.29, 1.82) is 0 Å². The van der Waals surface area contributed by atoms with Crippen LogP contribution in [0.2, 0.25) is 0 Å². The van der Waals surface area contributed by atoms with Gasteiger partial charge in [0.2, 0.25) is 5.91 Å². The largest absolute Gasteiger partial charge is 0.383 e. The number of nitrogens with one attached hydrogen (secondary N) is 2. The first-order valence-corrected chi connectivity index (χ1v) is 11.2. The lowest BCUT2D eigenvalue weighted by atomic mass is 9.97. The van der Waals surface area contributed by atoms with Crippen molar-refractivity contribution < 1.29 is 9.53 Å². The number of ether oxygens (including phenoxy) is 1. The molecule has 2 fully saturated rings. The Morgan fingerprint density at radius 1 is 1.13 bits per heavy atom. The van der Waals surface area contributed by atoms with Crippen LogP contribution in [0.1, 0.15) is 25.3 Å². The van der Waals surface area contributed by atoms with E-state index >= 15 is 0 Å². The Bertz CT molecular complexity index is 688. The van der Waals surface area contributed by atoms with Crippen LogP contribution in [-0.4, -0.2) is 87.7 Å². The number of aliphatic imine (C=N–C) groups is 1. The Hall–Kier alpha value is -1.39. The summed E-state index contributed by atoms with van der Waals surface area (Å²) in [5.41, 5.74) is 1.75. The van der Waals surface area contributed by atoms with Crippen molar-refractivity contribution in [3.8, 4) is 0 Å². The van der Waals surface area contributed by atoms with Gasteiger partial charge in [-0.3, -0.25) is 14.7 Å². The molecule has 0 spiro atoms. The average molecular weight is 543 g/mol. The zero-order chi connectivity index (χ0) is 21.2. The predicted molar refractivity (Wildman–Crippen MR) is 136 cm³/mol. The highest BCUT2D eigenvalue weighted by molar-refractivity contribution is 14.0. The van der Waals surface area contributed by atoms with Gasteiger partial charge in [0.25, 0.3) is 0 Å². The Kier molecular flexibility index (Phi) is 11.0. The molecule has 1 aliphatic carbocycles. The third-order valence-electron chi connectivity index (χ3n) is 5.95. The van der Waals surface area contributed by atoms with Crippen LogP contribution in [-0.2, 0) is 16.0 Å². The standard InChI is InChI=1S/C23H37N5O2.HI/c1-3-24-22(26-19-23(9-10-23)17-20-7-5-4-6-8-20)28-14-12-27(13-15-28)18-21(29)25-11-16-30-2;/h4-8H,3,9-19H2,1-2H3,(H,24,26)(H,25,29);1H. The number of rotatable bonds is 10. The number of halogens is 1. The van der Waals surface area contributed by atoms with Gasteiger partial charge in [-0.1, -0.05) is 30.3 Å². The van der Waals surface area contributed by atoms with Crippen molar-refractivity contribution in [2.45, 2.75) is 26.2 Å². The topological polar surface area (TPSA) is 69.2 Å². The molecule has 0 unspecified atom stereocenters. The van der Waals surface area contributed by atoms with Crippen LogP contribution < -0.4 is 10.6 Å². The van der Waals surface area contributed by atoms with E-state index in [4.69, 9.17) is 9.73 Å². The number of piperazine rings is 1. The Morgan fingerprint density at radius 2 is 1.84 bits per heavy atom. The fourth-order valence-electron chi connectivity index (χ4n) is 3.93. The van der Waals surface area contributed by atoms with E-state index < -0.39 is 0 Å². The summed E-state index contributed by atoms with van der Waals surface area (Å²) in [5.74, 6) is 1.08. The molecule has 1 amide bonds. The maximum absolute atomic E-state index is 12.0. The summed E-state index contributed by atoms with van der Waals surface area (Å²) in [5, 5.41) is 6.36. The summed E-state index contributed by atoms with van der Waals surface area (Å²) in [6.07, 6.45) is 3.64. The smallest absolute Gasteiger partial charge is 0.234 e. The van der Waals surface area contributed by atoms with Gasteiger partial charge in [-0.25, -0.2) is 0 Å². The number of amides is 1. The number of hydrogen-bond donors (Lipinski definition) is 2. The first kappa shape index (κ1) is 25.9. The van der Waals surface area contributed by atoms with E-state index in [1.165, 1.54) is 18.4 Å². The molecule has 0 aromatic heterocycles. The molecule has 1 aromatic rings. The highest BCUT2D eigenvalue weighted by Gasteiger charge is 2.42. The van der Waals surface area contributed by atoms with Gasteiger partial charge in [-0.2, -0.15) is 0 Å². The SMILES string of the molecule is CCNC(=NCC1(Cc2ccccc2)CC1)N1CCN(CC(=O)NCCOC)CC1.I. The third kappa shape index (κ3) is 8.57. The molecule has 0 atom stereocenters. The van der Waals surface area contributed by atoms with Crippen LogP contribution in [0.5, 0.6) is 0 Å². The molecule has 1 aliphatic heterocycles. The minimum absolute atomic E-state index is 0. The number of methoxy groups -OCH3 is 1. The maximum atomic E-state index is 12.0.